The summed E-state index contributed by atoms with van der Waals surface area (Å²) in [6, 6.07) is 6.23. The summed E-state index contributed by atoms with van der Waals surface area (Å²) in [5.41, 5.74) is 3.58. The van der Waals surface area contributed by atoms with Crippen LogP contribution in [0.25, 0.3) is 11.1 Å². The van der Waals surface area contributed by atoms with Crippen LogP contribution < -0.4 is 10.6 Å². The zero-order valence-corrected chi connectivity index (χ0v) is 11.6. The predicted molar refractivity (Wildman–Crippen MR) is 76.0 cm³/mol. The molecular formula is C15H21N3O. The van der Waals surface area contributed by atoms with E-state index < -0.39 is 0 Å². The van der Waals surface area contributed by atoms with Crippen LogP contribution >= 0.6 is 0 Å². The molecule has 2 N–H and O–H groups in total. The van der Waals surface area contributed by atoms with Crippen molar-refractivity contribution < 1.29 is 4.42 Å². The molecule has 1 aromatic carbocycles. The van der Waals surface area contributed by atoms with Crippen LogP contribution in [-0.2, 0) is 6.54 Å². The van der Waals surface area contributed by atoms with Gasteiger partial charge in [0.2, 0.25) is 0 Å². The monoisotopic (exact) mass is 259 g/mol. The first-order valence-corrected chi connectivity index (χ1v) is 6.92. The van der Waals surface area contributed by atoms with Crippen molar-refractivity contribution in [2.75, 3.05) is 20.1 Å². The Hall–Kier alpha value is -1.39. The second kappa shape index (κ2) is 4.94. The number of rotatable bonds is 6. The Morgan fingerprint density at radius 2 is 2.16 bits per heavy atom. The van der Waals surface area contributed by atoms with Crippen molar-refractivity contribution >= 4 is 11.1 Å². The summed E-state index contributed by atoms with van der Waals surface area (Å²) in [5.74, 6) is 0.728. The molecule has 0 radical (unpaired) electrons. The van der Waals surface area contributed by atoms with Gasteiger partial charge in [0, 0.05) is 26.6 Å². The van der Waals surface area contributed by atoms with E-state index in [1.54, 1.807) is 0 Å². The van der Waals surface area contributed by atoms with E-state index in [0.717, 1.165) is 36.6 Å². The lowest BCUT2D eigenvalue weighted by Crippen LogP contribution is -2.30. The van der Waals surface area contributed by atoms with Crippen molar-refractivity contribution in [3.05, 3.63) is 29.7 Å². The molecule has 0 unspecified atom stereocenters. The molecule has 0 bridgehead atoms. The van der Waals surface area contributed by atoms with Crippen molar-refractivity contribution in [2.24, 2.45) is 5.41 Å². The van der Waals surface area contributed by atoms with Gasteiger partial charge in [-0.05, 0) is 43.0 Å². The Morgan fingerprint density at radius 1 is 1.32 bits per heavy atom. The number of aryl methyl sites for hydroxylation is 1. The van der Waals surface area contributed by atoms with Crippen LogP contribution in [0.15, 0.2) is 22.6 Å². The fraction of sp³-hybridized carbons (Fsp3) is 0.533. The maximum absolute atomic E-state index is 5.56. The molecule has 1 saturated carbocycles. The molecule has 1 heterocycles. The SMILES string of the molecule is CNCC1(CNCc2ccc3nc(C)oc3c2)CC1. The maximum Gasteiger partial charge on any atom is 0.192 e. The van der Waals surface area contributed by atoms with Gasteiger partial charge in [0.1, 0.15) is 5.52 Å². The van der Waals surface area contributed by atoms with Crippen LogP contribution in [0.3, 0.4) is 0 Å². The minimum Gasteiger partial charge on any atom is -0.441 e. The Kier molecular flexibility index (Phi) is 3.29. The summed E-state index contributed by atoms with van der Waals surface area (Å²) < 4.78 is 5.56. The molecule has 4 nitrogen and oxygen atoms in total. The first kappa shape index (κ1) is 12.6. The second-order valence-electron chi connectivity index (χ2n) is 5.67. The van der Waals surface area contributed by atoms with E-state index in [4.69, 9.17) is 4.42 Å². The largest absolute Gasteiger partial charge is 0.441 e. The Morgan fingerprint density at radius 3 is 2.89 bits per heavy atom. The van der Waals surface area contributed by atoms with E-state index in [9.17, 15) is 0 Å². The number of hydrogen-bond donors (Lipinski definition) is 2. The van der Waals surface area contributed by atoms with Crippen LogP contribution in [0, 0.1) is 12.3 Å². The average molecular weight is 259 g/mol. The number of oxazole rings is 1. The lowest BCUT2D eigenvalue weighted by Gasteiger charge is -2.15. The Balaban J connectivity index is 1.59. The Bertz CT molecular complexity index is 572. The van der Waals surface area contributed by atoms with Crippen molar-refractivity contribution in [1.29, 1.82) is 0 Å². The van der Waals surface area contributed by atoms with Crippen LogP contribution in [-0.4, -0.2) is 25.1 Å². The predicted octanol–water partition coefficient (Wildman–Crippen LogP) is 2.23. The zero-order valence-electron chi connectivity index (χ0n) is 11.6. The molecule has 0 saturated heterocycles. The molecule has 0 spiro atoms. The fourth-order valence-electron chi connectivity index (χ4n) is 2.63. The lowest BCUT2D eigenvalue weighted by atomic mass is 10.1. The fourth-order valence-corrected chi connectivity index (χ4v) is 2.63. The molecule has 0 amide bonds. The third-order valence-corrected chi connectivity index (χ3v) is 3.90. The van der Waals surface area contributed by atoms with Gasteiger partial charge in [-0.15, -0.1) is 0 Å². The number of fused-ring (bicyclic) bond motifs is 1. The second-order valence-corrected chi connectivity index (χ2v) is 5.67. The maximum atomic E-state index is 5.56. The van der Waals surface area contributed by atoms with Crippen LogP contribution in [0.1, 0.15) is 24.3 Å². The summed E-state index contributed by atoms with van der Waals surface area (Å²) in [5, 5.41) is 6.84. The molecular weight excluding hydrogens is 238 g/mol. The topological polar surface area (TPSA) is 50.1 Å². The van der Waals surface area contributed by atoms with Gasteiger partial charge >= 0.3 is 0 Å². The van der Waals surface area contributed by atoms with Gasteiger partial charge in [-0.3, -0.25) is 0 Å². The first-order valence-electron chi connectivity index (χ1n) is 6.92. The summed E-state index contributed by atoms with van der Waals surface area (Å²) in [6.07, 6.45) is 2.67. The highest BCUT2D eigenvalue weighted by molar-refractivity contribution is 5.73. The van der Waals surface area contributed by atoms with E-state index in [2.05, 4.69) is 27.8 Å². The number of benzene rings is 1. The van der Waals surface area contributed by atoms with Crippen molar-refractivity contribution in [3.8, 4) is 0 Å². The molecule has 19 heavy (non-hydrogen) atoms. The minimum atomic E-state index is 0.502. The highest BCUT2D eigenvalue weighted by atomic mass is 16.3. The van der Waals surface area contributed by atoms with E-state index in [-0.39, 0.29) is 0 Å². The number of nitrogens with one attached hydrogen (secondary N) is 2. The summed E-state index contributed by atoms with van der Waals surface area (Å²) in [4.78, 5) is 4.31. The summed E-state index contributed by atoms with van der Waals surface area (Å²) in [7, 11) is 2.03. The lowest BCUT2D eigenvalue weighted by molar-refractivity contribution is 0.438. The van der Waals surface area contributed by atoms with E-state index >= 15 is 0 Å². The van der Waals surface area contributed by atoms with Gasteiger partial charge in [-0.1, -0.05) is 6.07 Å². The molecule has 1 fully saturated rings. The van der Waals surface area contributed by atoms with Gasteiger partial charge in [-0.25, -0.2) is 4.98 Å². The molecule has 2 aromatic rings. The molecule has 1 aliphatic carbocycles. The molecule has 102 valence electrons. The molecule has 3 rings (SSSR count). The Labute approximate surface area is 113 Å². The van der Waals surface area contributed by atoms with Gasteiger partial charge in [0.25, 0.3) is 0 Å². The third-order valence-electron chi connectivity index (χ3n) is 3.90. The summed E-state index contributed by atoms with van der Waals surface area (Å²) >= 11 is 0. The van der Waals surface area contributed by atoms with Gasteiger partial charge in [0.15, 0.2) is 11.5 Å². The van der Waals surface area contributed by atoms with Crippen molar-refractivity contribution in [3.63, 3.8) is 0 Å². The minimum absolute atomic E-state index is 0.502. The normalized spacial score (nSPS) is 16.9. The number of hydrogen-bond acceptors (Lipinski definition) is 4. The smallest absolute Gasteiger partial charge is 0.192 e. The molecule has 1 aromatic heterocycles. The zero-order chi connectivity index (χ0) is 13.3. The van der Waals surface area contributed by atoms with Gasteiger partial charge in [-0.2, -0.15) is 0 Å². The average Bonchev–Trinajstić information content (AvgIpc) is 3.02. The quantitative estimate of drug-likeness (QED) is 0.835. The van der Waals surface area contributed by atoms with Crippen LogP contribution in [0.5, 0.6) is 0 Å². The molecule has 1 aliphatic rings. The molecule has 0 atom stereocenters. The van der Waals surface area contributed by atoms with Crippen LogP contribution in [0.4, 0.5) is 0 Å². The van der Waals surface area contributed by atoms with E-state index in [0.29, 0.717) is 5.41 Å². The van der Waals surface area contributed by atoms with Crippen molar-refractivity contribution in [1.82, 2.24) is 15.6 Å². The standard InChI is InChI=1S/C15H21N3O/c1-11-18-13-4-3-12(7-14(13)19-11)8-17-10-15(5-6-15)9-16-2/h3-4,7,16-17H,5-6,8-10H2,1-2H3. The van der Waals surface area contributed by atoms with Gasteiger partial charge < -0.3 is 15.1 Å². The highest BCUT2D eigenvalue weighted by Crippen LogP contribution is 2.44. The number of nitrogens with zero attached hydrogens (tertiary/aromatic N) is 1. The van der Waals surface area contributed by atoms with E-state index in [1.807, 2.05) is 20.0 Å². The third kappa shape index (κ3) is 2.80. The number of aromatic nitrogens is 1. The van der Waals surface area contributed by atoms with Crippen LogP contribution in [0.2, 0.25) is 0 Å². The molecule has 4 heteroatoms. The van der Waals surface area contributed by atoms with Gasteiger partial charge in [0.05, 0.1) is 0 Å². The molecule has 0 aliphatic heterocycles. The highest BCUT2D eigenvalue weighted by Gasteiger charge is 2.41. The first-order chi connectivity index (χ1) is 9.21. The van der Waals surface area contributed by atoms with Crippen molar-refractivity contribution in [2.45, 2.75) is 26.3 Å². The van der Waals surface area contributed by atoms with E-state index in [1.165, 1.54) is 18.4 Å². The summed E-state index contributed by atoms with van der Waals surface area (Å²) in [6.45, 7) is 4.97.